The van der Waals surface area contributed by atoms with Crippen molar-refractivity contribution < 1.29 is 0 Å². The Morgan fingerprint density at radius 3 is 2.68 bits per heavy atom. The number of nitrogens with zero attached hydrogens (tertiary/aromatic N) is 4. The topological polar surface area (TPSA) is 85.6 Å². The molecule has 3 heterocycles. The summed E-state index contributed by atoms with van der Waals surface area (Å²) in [6, 6.07) is 3.94. The fourth-order valence-corrected chi connectivity index (χ4v) is 2.84. The molecule has 7 nitrogen and oxygen atoms in total. The van der Waals surface area contributed by atoms with Gasteiger partial charge < -0.3 is 4.98 Å². The second-order valence-electron chi connectivity index (χ2n) is 5.05. The quantitative estimate of drug-likeness (QED) is 0.727. The molecule has 0 atom stereocenters. The minimum absolute atomic E-state index is 0.345. The van der Waals surface area contributed by atoms with Crippen LogP contribution in [0.1, 0.15) is 11.4 Å². The highest BCUT2D eigenvalue weighted by atomic mass is 32.2. The Kier molecular flexibility index (Phi) is 3.61. The van der Waals surface area contributed by atoms with Crippen LogP contribution in [0.2, 0.25) is 0 Å². The molecule has 22 heavy (non-hydrogen) atoms. The van der Waals surface area contributed by atoms with Crippen LogP contribution in [0.4, 0.5) is 0 Å². The molecule has 0 aliphatic rings. The first-order valence-corrected chi connectivity index (χ1v) is 7.66. The van der Waals surface area contributed by atoms with Crippen molar-refractivity contribution in [1.29, 1.82) is 0 Å². The number of fused-ring (bicyclic) bond motifs is 1. The number of H-pyrrole nitrogens is 1. The third-order valence-corrected chi connectivity index (χ3v) is 4.34. The Labute approximate surface area is 130 Å². The van der Waals surface area contributed by atoms with E-state index in [0.717, 1.165) is 15.2 Å². The van der Waals surface area contributed by atoms with Crippen molar-refractivity contribution in [2.24, 2.45) is 14.1 Å². The van der Waals surface area contributed by atoms with Crippen LogP contribution in [0.25, 0.3) is 11.2 Å². The highest BCUT2D eigenvalue weighted by Gasteiger charge is 2.13. The highest BCUT2D eigenvalue weighted by molar-refractivity contribution is 7.98. The van der Waals surface area contributed by atoms with Gasteiger partial charge in [0.25, 0.3) is 5.56 Å². The van der Waals surface area contributed by atoms with Gasteiger partial charge in [0, 0.05) is 20.3 Å². The van der Waals surface area contributed by atoms with Crippen LogP contribution >= 0.6 is 11.8 Å². The first kappa shape index (κ1) is 14.6. The molecule has 0 aliphatic carbocycles. The molecule has 3 rings (SSSR count). The molecule has 1 N–H and O–H groups in total. The summed E-state index contributed by atoms with van der Waals surface area (Å²) in [5.41, 5.74) is 1.07. The van der Waals surface area contributed by atoms with E-state index in [4.69, 9.17) is 0 Å². The number of nitrogens with one attached hydrogen (secondary N) is 1. The van der Waals surface area contributed by atoms with Gasteiger partial charge in [-0.3, -0.25) is 13.9 Å². The predicted molar refractivity (Wildman–Crippen MR) is 85.1 cm³/mol. The number of imidazole rings is 1. The van der Waals surface area contributed by atoms with E-state index in [2.05, 4.69) is 15.0 Å². The molecule has 114 valence electrons. The highest BCUT2D eigenvalue weighted by Crippen LogP contribution is 2.20. The van der Waals surface area contributed by atoms with Gasteiger partial charge in [0.05, 0.1) is 10.8 Å². The molecule has 0 radical (unpaired) electrons. The number of thioether (sulfide) groups is 1. The van der Waals surface area contributed by atoms with Crippen molar-refractivity contribution in [2.75, 3.05) is 0 Å². The standard InChI is InChI=1S/C14H15N5O2S/c1-8-4-5-10(15-6-8)22-7-9-16-11-12(17-9)18(2)14(21)19(3)13(11)20/h4-6H,7H2,1-3H3,(H,16,17). The van der Waals surface area contributed by atoms with Gasteiger partial charge in [-0.15, -0.1) is 0 Å². The van der Waals surface area contributed by atoms with E-state index in [9.17, 15) is 9.59 Å². The van der Waals surface area contributed by atoms with Crippen LogP contribution in [0.5, 0.6) is 0 Å². The molecular weight excluding hydrogens is 302 g/mol. The van der Waals surface area contributed by atoms with Crippen molar-refractivity contribution in [3.8, 4) is 0 Å². The zero-order chi connectivity index (χ0) is 15.9. The van der Waals surface area contributed by atoms with Gasteiger partial charge >= 0.3 is 5.69 Å². The fourth-order valence-electron chi connectivity index (χ4n) is 2.12. The summed E-state index contributed by atoms with van der Waals surface area (Å²) in [6.45, 7) is 1.98. The molecule has 0 fully saturated rings. The molecular formula is C14H15N5O2S. The summed E-state index contributed by atoms with van der Waals surface area (Å²) < 4.78 is 2.44. The van der Waals surface area contributed by atoms with Gasteiger partial charge in [-0.1, -0.05) is 17.8 Å². The normalized spacial score (nSPS) is 11.2. The molecule has 0 unspecified atom stereocenters. The SMILES string of the molecule is Cc1ccc(SCc2nc3c([nH]2)c(=O)n(C)c(=O)n3C)nc1. The van der Waals surface area contributed by atoms with Gasteiger partial charge in [0.2, 0.25) is 0 Å². The molecule has 0 saturated carbocycles. The number of hydrogen-bond donors (Lipinski definition) is 1. The Hall–Kier alpha value is -2.35. The lowest BCUT2D eigenvalue weighted by atomic mass is 10.3. The first-order chi connectivity index (χ1) is 10.5. The van der Waals surface area contributed by atoms with Gasteiger partial charge in [0.15, 0.2) is 5.65 Å². The second kappa shape index (κ2) is 5.45. The molecule has 8 heteroatoms. The average Bonchev–Trinajstić information content (AvgIpc) is 2.95. The number of pyridine rings is 1. The van der Waals surface area contributed by atoms with Crippen molar-refractivity contribution in [3.63, 3.8) is 0 Å². The van der Waals surface area contributed by atoms with Gasteiger partial charge in [-0.05, 0) is 18.6 Å². The molecule has 3 aromatic rings. The second-order valence-corrected chi connectivity index (χ2v) is 6.05. The van der Waals surface area contributed by atoms with E-state index in [-0.39, 0.29) is 11.2 Å². The fraction of sp³-hybridized carbons (Fsp3) is 0.286. The molecule has 0 aliphatic heterocycles. The molecule has 0 amide bonds. The lowest BCUT2D eigenvalue weighted by Gasteiger charge is -2.00. The first-order valence-electron chi connectivity index (χ1n) is 6.67. The van der Waals surface area contributed by atoms with Crippen LogP contribution in [0, 0.1) is 6.92 Å². The maximum atomic E-state index is 12.1. The third kappa shape index (κ3) is 2.45. The number of aromatic nitrogens is 5. The molecule has 0 saturated heterocycles. The zero-order valence-electron chi connectivity index (χ0n) is 12.5. The van der Waals surface area contributed by atoms with Crippen LogP contribution in [-0.2, 0) is 19.8 Å². The number of rotatable bonds is 3. The average molecular weight is 317 g/mol. The molecule has 0 bridgehead atoms. The third-order valence-electron chi connectivity index (χ3n) is 3.38. The minimum Gasteiger partial charge on any atom is -0.335 e. The molecule has 0 spiro atoms. The Morgan fingerprint density at radius 2 is 2.00 bits per heavy atom. The van der Waals surface area contributed by atoms with Crippen LogP contribution in [0.3, 0.4) is 0 Å². The van der Waals surface area contributed by atoms with Crippen molar-refractivity contribution in [1.82, 2.24) is 24.1 Å². The largest absolute Gasteiger partial charge is 0.335 e. The maximum absolute atomic E-state index is 12.1. The van der Waals surface area contributed by atoms with Crippen molar-refractivity contribution >= 4 is 22.9 Å². The molecule has 0 aromatic carbocycles. The van der Waals surface area contributed by atoms with E-state index in [1.165, 1.54) is 23.4 Å². The summed E-state index contributed by atoms with van der Waals surface area (Å²) in [7, 11) is 3.05. The van der Waals surface area contributed by atoms with Gasteiger partial charge in [-0.2, -0.15) is 0 Å². The summed E-state index contributed by atoms with van der Waals surface area (Å²) in [5, 5.41) is 0.882. The Bertz CT molecular complexity index is 952. The number of hydrogen-bond acceptors (Lipinski definition) is 5. The summed E-state index contributed by atoms with van der Waals surface area (Å²) in [6.07, 6.45) is 1.81. The van der Waals surface area contributed by atoms with Crippen LogP contribution in [-0.4, -0.2) is 24.1 Å². The van der Waals surface area contributed by atoms with Gasteiger partial charge in [0.1, 0.15) is 11.3 Å². The lowest BCUT2D eigenvalue weighted by molar-refractivity contribution is 0.708. The Morgan fingerprint density at radius 1 is 1.23 bits per heavy atom. The number of aromatic amines is 1. The van der Waals surface area contributed by atoms with E-state index in [1.54, 1.807) is 13.2 Å². The lowest BCUT2D eigenvalue weighted by Crippen LogP contribution is -2.36. The zero-order valence-corrected chi connectivity index (χ0v) is 13.3. The van der Waals surface area contributed by atoms with E-state index < -0.39 is 0 Å². The maximum Gasteiger partial charge on any atom is 0.332 e. The van der Waals surface area contributed by atoms with Crippen molar-refractivity contribution in [2.45, 2.75) is 17.7 Å². The van der Waals surface area contributed by atoms with Crippen LogP contribution in [0.15, 0.2) is 32.9 Å². The number of aryl methyl sites for hydroxylation is 2. The smallest absolute Gasteiger partial charge is 0.332 e. The van der Waals surface area contributed by atoms with E-state index in [1.807, 2.05) is 19.1 Å². The van der Waals surface area contributed by atoms with Gasteiger partial charge in [-0.25, -0.2) is 14.8 Å². The van der Waals surface area contributed by atoms with E-state index >= 15 is 0 Å². The van der Waals surface area contributed by atoms with Crippen molar-refractivity contribution in [3.05, 3.63) is 50.6 Å². The summed E-state index contributed by atoms with van der Waals surface area (Å²) in [4.78, 5) is 35.6. The van der Waals surface area contributed by atoms with E-state index in [0.29, 0.717) is 22.7 Å². The molecule has 3 aromatic heterocycles. The Balaban J connectivity index is 1.94. The summed E-state index contributed by atoms with van der Waals surface area (Å²) >= 11 is 1.52. The monoisotopic (exact) mass is 317 g/mol. The summed E-state index contributed by atoms with van der Waals surface area (Å²) in [5.74, 6) is 1.18. The minimum atomic E-state index is -0.386. The van der Waals surface area contributed by atoms with Crippen LogP contribution < -0.4 is 11.2 Å². The predicted octanol–water partition coefficient (Wildman–Crippen LogP) is 0.956.